The Morgan fingerprint density at radius 1 is 1.32 bits per heavy atom. The van der Waals surface area contributed by atoms with Gasteiger partial charge in [0.2, 0.25) is 5.95 Å². The molecule has 0 fully saturated rings. The lowest BCUT2D eigenvalue weighted by Crippen LogP contribution is -2.33. The van der Waals surface area contributed by atoms with Crippen molar-refractivity contribution in [3.63, 3.8) is 0 Å². The van der Waals surface area contributed by atoms with Crippen molar-refractivity contribution in [2.45, 2.75) is 56.5 Å². The molecule has 0 amide bonds. The fourth-order valence-corrected chi connectivity index (χ4v) is 5.01. The topological polar surface area (TPSA) is 118 Å². The van der Waals surface area contributed by atoms with Crippen molar-refractivity contribution < 1.29 is 4.74 Å². The number of methoxy groups -OCH3 is 1. The van der Waals surface area contributed by atoms with Crippen LogP contribution in [0.15, 0.2) is 11.2 Å². The maximum atomic E-state index is 6.44. The molecule has 28 heavy (non-hydrogen) atoms. The van der Waals surface area contributed by atoms with Gasteiger partial charge in [0.05, 0.1) is 30.4 Å². The number of pyridine rings is 1. The predicted octanol–water partition coefficient (Wildman–Crippen LogP) is 2.23. The Morgan fingerprint density at radius 2 is 2.11 bits per heavy atom. The van der Waals surface area contributed by atoms with E-state index in [-0.39, 0.29) is 17.2 Å². The van der Waals surface area contributed by atoms with Gasteiger partial charge in [-0.2, -0.15) is 10.1 Å². The fourth-order valence-electron chi connectivity index (χ4n) is 3.81. The highest BCUT2D eigenvalue weighted by Crippen LogP contribution is 2.38. The molecule has 4 heterocycles. The summed E-state index contributed by atoms with van der Waals surface area (Å²) in [5.41, 5.74) is 17.0. The van der Waals surface area contributed by atoms with Crippen LogP contribution in [0.2, 0.25) is 0 Å². The third-order valence-electron chi connectivity index (χ3n) is 5.27. The van der Waals surface area contributed by atoms with Gasteiger partial charge in [0, 0.05) is 35.0 Å². The van der Waals surface area contributed by atoms with Gasteiger partial charge >= 0.3 is 0 Å². The minimum Gasteiger partial charge on any atom is -0.496 e. The summed E-state index contributed by atoms with van der Waals surface area (Å²) < 4.78 is 7.39. The molecule has 9 heteroatoms. The van der Waals surface area contributed by atoms with Crippen LogP contribution in [0.3, 0.4) is 0 Å². The van der Waals surface area contributed by atoms with E-state index in [1.165, 1.54) is 0 Å². The molecule has 0 saturated carbocycles. The number of nitrogens with two attached hydrogens (primary N) is 2. The van der Waals surface area contributed by atoms with Crippen molar-refractivity contribution in [2.75, 3.05) is 12.8 Å². The molecule has 3 aromatic heterocycles. The summed E-state index contributed by atoms with van der Waals surface area (Å²) in [5.74, 6) is 1.10. The minimum atomic E-state index is 0.0105. The van der Waals surface area contributed by atoms with Crippen LogP contribution >= 0.6 is 11.8 Å². The smallest absolute Gasteiger partial charge is 0.223 e. The van der Waals surface area contributed by atoms with Crippen LogP contribution in [-0.2, 0) is 13.0 Å². The second-order valence-electron chi connectivity index (χ2n) is 7.17. The third-order valence-corrected chi connectivity index (χ3v) is 6.77. The van der Waals surface area contributed by atoms with E-state index in [1.54, 1.807) is 18.9 Å². The highest BCUT2D eigenvalue weighted by atomic mass is 32.2. The average Bonchev–Trinajstić information content (AvgIpc) is 2.91. The zero-order chi connectivity index (χ0) is 20.0. The monoisotopic (exact) mass is 399 g/mol. The number of aryl methyl sites for hydroxylation is 1. The first-order valence-corrected chi connectivity index (χ1v) is 10.2. The van der Waals surface area contributed by atoms with Gasteiger partial charge in [-0.3, -0.25) is 4.98 Å². The maximum absolute atomic E-state index is 6.44. The van der Waals surface area contributed by atoms with Gasteiger partial charge in [0.15, 0.2) is 5.65 Å². The Hall–Kier alpha value is -2.39. The van der Waals surface area contributed by atoms with Gasteiger partial charge in [0.1, 0.15) is 10.8 Å². The maximum Gasteiger partial charge on any atom is 0.223 e. The molecule has 0 bridgehead atoms. The van der Waals surface area contributed by atoms with Crippen LogP contribution in [0.4, 0.5) is 5.95 Å². The highest BCUT2D eigenvalue weighted by molar-refractivity contribution is 8.00. The Balaban J connectivity index is 1.84. The lowest BCUT2D eigenvalue weighted by atomic mass is 10.1. The van der Waals surface area contributed by atoms with Crippen LogP contribution in [0.1, 0.15) is 35.9 Å². The number of hydrogen-bond acceptors (Lipinski definition) is 8. The Kier molecular flexibility index (Phi) is 4.88. The van der Waals surface area contributed by atoms with Crippen molar-refractivity contribution in [2.24, 2.45) is 5.73 Å². The quantitative estimate of drug-likeness (QED) is 0.641. The molecule has 148 valence electrons. The van der Waals surface area contributed by atoms with Crippen molar-refractivity contribution >= 4 is 28.7 Å². The van der Waals surface area contributed by atoms with E-state index in [0.29, 0.717) is 13.0 Å². The molecule has 4 N–H and O–H groups in total. The molecule has 2 unspecified atom stereocenters. The van der Waals surface area contributed by atoms with Crippen LogP contribution in [0, 0.1) is 13.8 Å². The van der Waals surface area contributed by atoms with E-state index in [1.807, 2.05) is 24.7 Å². The second-order valence-corrected chi connectivity index (χ2v) is 8.40. The third kappa shape index (κ3) is 3.08. The molecule has 1 aliphatic rings. The summed E-state index contributed by atoms with van der Waals surface area (Å²) >= 11 is 1.68. The van der Waals surface area contributed by atoms with Gasteiger partial charge in [-0.25, -0.2) is 9.67 Å². The average molecular weight is 400 g/mol. The number of nitrogen functional groups attached to an aromatic ring is 1. The molecular formula is C19H25N7OS. The number of aromatic nitrogens is 5. The van der Waals surface area contributed by atoms with Crippen molar-refractivity contribution in [3.05, 3.63) is 28.7 Å². The Bertz CT molecular complexity index is 1050. The van der Waals surface area contributed by atoms with E-state index in [9.17, 15) is 0 Å². The molecule has 0 spiro atoms. The van der Waals surface area contributed by atoms with Gasteiger partial charge in [-0.15, -0.1) is 11.8 Å². The van der Waals surface area contributed by atoms with Crippen molar-refractivity contribution in [1.82, 2.24) is 24.7 Å². The van der Waals surface area contributed by atoms with Crippen LogP contribution in [-0.4, -0.2) is 43.1 Å². The number of hydrogen-bond donors (Lipinski definition) is 2. The van der Waals surface area contributed by atoms with Crippen molar-refractivity contribution in [1.29, 1.82) is 0 Å². The normalized spacial score (nSPS) is 19.0. The van der Waals surface area contributed by atoms with E-state index in [2.05, 4.69) is 21.9 Å². The minimum absolute atomic E-state index is 0.0105. The van der Waals surface area contributed by atoms with Crippen molar-refractivity contribution in [3.8, 4) is 5.75 Å². The summed E-state index contributed by atoms with van der Waals surface area (Å²) in [4.78, 5) is 13.6. The standard InChI is InChI=1S/C19H25N7OS/c1-5-14-11(20)6-12-15-17(23-19(21)24-18(15)28-14)26(25-12)8-13-10(3)16(27-4)9(2)7-22-13/h7,11,14H,5-6,8,20H2,1-4H3,(H2,21,23,24). The van der Waals surface area contributed by atoms with Crippen LogP contribution in [0.25, 0.3) is 11.0 Å². The zero-order valence-electron chi connectivity index (χ0n) is 16.6. The van der Waals surface area contributed by atoms with E-state index < -0.39 is 0 Å². The Labute approximate surface area is 168 Å². The molecule has 0 aliphatic carbocycles. The first-order valence-electron chi connectivity index (χ1n) is 9.37. The molecule has 2 atom stereocenters. The summed E-state index contributed by atoms with van der Waals surface area (Å²) in [6.45, 7) is 6.61. The lowest BCUT2D eigenvalue weighted by Gasteiger charge is -2.19. The first-order chi connectivity index (χ1) is 13.4. The molecule has 0 radical (unpaired) electrons. The highest BCUT2D eigenvalue weighted by Gasteiger charge is 2.29. The molecule has 8 nitrogen and oxygen atoms in total. The largest absolute Gasteiger partial charge is 0.496 e. The number of thioether (sulfide) groups is 1. The molecule has 4 rings (SSSR count). The van der Waals surface area contributed by atoms with Gasteiger partial charge in [0.25, 0.3) is 0 Å². The van der Waals surface area contributed by atoms with E-state index in [4.69, 9.17) is 21.3 Å². The SMILES string of the molecule is CCC1Sc2nc(N)nc3c2c(nn3Cc2ncc(C)c(OC)c2C)CC1N. The number of rotatable bonds is 4. The zero-order valence-corrected chi connectivity index (χ0v) is 17.4. The van der Waals surface area contributed by atoms with Gasteiger partial charge in [-0.05, 0) is 20.3 Å². The second kappa shape index (κ2) is 7.21. The molecule has 1 aliphatic heterocycles. The number of nitrogens with zero attached hydrogens (tertiary/aromatic N) is 5. The van der Waals surface area contributed by atoms with Crippen LogP contribution < -0.4 is 16.2 Å². The summed E-state index contributed by atoms with van der Waals surface area (Å²) in [7, 11) is 1.68. The number of ether oxygens (including phenoxy) is 1. The summed E-state index contributed by atoms with van der Waals surface area (Å²) in [6.07, 6.45) is 3.48. The molecule has 0 aromatic carbocycles. The molecular weight excluding hydrogens is 374 g/mol. The van der Waals surface area contributed by atoms with E-state index in [0.717, 1.165) is 50.7 Å². The van der Waals surface area contributed by atoms with Gasteiger partial charge < -0.3 is 16.2 Å². The van der Waals surface area contributed by atoms with Crippen LogP contribution in [0.5, 0.6) is 5.75 Å². The van der Waals surface area contributed by atoms with Gasteiger partial charge in [-0.1, -0.05) is 6.92 Å². The first kappa shape index (κ1) is 18.9. The molecule has 0 saturated heterocycles. The summed E-state index contributed by atoms with van der Waals surface area (Å²) in [6, 6.07) is 0.0105. The van der Waals surface area contributed by atoms with E-state index >= 15 is 0 Å². The Morgan fingerprint density at radius 3 is 2.82 bits per heavy atom. The fraction of sp³-hybridized carbons (Fsp3) is 0.474. The number of anilines is 1. The lowest BCUT2D eigenvalue weighted by molar-refractivity contribution is 0.406. The summed E-state index contributed by atoms with van der Waals surface area (Å²) in [5, 5.41) is 6.95. The molecule has 3 aromatic rings. The predicted molar refractivity (Wildman–Crippen MR) is 111 cm³/mol.